The van der Waals surface area contributed by atoms with E-state index in [0.29, 0.717) is 13.2 Å². The molecule has 1 spiro atoms. The van der Waals surface area contributed by atoms with Crippen LogP contribution in [0.4, 0.5) is 8.78 Å². The summed E-state index contributed by atoms with van der Waals surface area (Å²) in [5.74, 6) is -4.72. The van der Waals surface area contributed by atoms with Crippen molar-refractivity contribution in [3.63, 3.8) is 0 Å². The Bertz CT molecular complexity index is 671. The predicted molar refractivity (Wildman–Crippen MR) is 72.8 cm³/mol. The molecule has 2 aliphatic carbocycles. The molecular formula is C13H16F2O9S. The van der Waals surface area contributed by atoms with E-state index in [4.69, 9.17) is 18.8 Å². The van der Waals surface area contributed by atoms with Crippen LogP contribution in [0.2, 0.25) is 0 Å². The van der Waals surface area contributed by atoms with Crippen molar-refractivity contribution in [1.82, 2.24) is 0 Å². The van der Waals surface area contributed by atoms with Gasteiger partial charge in [0.25, 0.3) is 0 Å². The zero-order valence-electron chi connectivity index (χ0n) is 12.9. The maximum atomic E-state index is 13.0. The highest BCUT2D eigenvalue weighted by Gasteiger charge is 2.64. The summed E-state index contributed by atoms with van der Waals surface area (Å²) >= 11 is 0. The average Bonchev–Trinajstić information content (AvgIpc) is 3.23. The molecule has 1 saturated heterocycles. The summed E-state index contributed by atoms with van der Waals surface area (Å²) < 4.78 is 75.7. The fraction of sp³-hybridized carbons (Fsp3) is 0.846. The van der Waals surface area contributed by atoms with Crippen molar-refractivity contribution in [2.75, 3.05) is 19.8 Å². The van der Waals surface area contributed by atoms with E-state index in [1.54, 1.807) is 0 Å². The molecule has 142 valence electrons. The Morgan fingerprint density at radius 3 is 2.48 bits per heavy atom. The van der Waals surface area contributed by atoms with Crippen LogP contribution in [-0.4, -0.2) is 61.9 Å². The minimum absolute atomic E-state index is 0.0120. The molecule has 3 aliphatic rings. The van der Waals surface area contributed by atoms with Gasteiger partial charge < -0.3 is 18.9 Å². The number of carbonyl (C=O) groups is 2. The third kappa shape index (κ3) is 3.00. The summed E-state index contributed by atoms with van der Waals surface area (Å²) in [5, 5.41) is -5.17. The lowest BCUT2D eigenvalue weighted by atomic mass is 9.91. The van der Waals surface area contributed by atoms with E-state index in [-0.39, 0.29) is 11.8 Å². The van der Waals surface area contributed by atoms with Crippen molar-refractivity contribution < 1.29 is 50.3 Å². The molecule has 12 heteroatoms. The smallest absolute Gasteiger partial charge is 0.454 e. The lowest BCUT2D eigenvalue weighted by Crippen LogP contribution is -2.51. The van der Waals surface area contributed by atoms with Gasteiger partial charge in [0.2, 0.25) is 5.79 Å². The Morgan fingerprint density at radius 1 is 1.24 bits per heavy atom. The Balaban J connectivity index is 1.59. The molecule has 0 aromatic heterocycles. The molecule has 3 fully saturated rings. The van der Waals surface area contributed by atoms with E-state index in [1.807, 2.05) is 0 Å². The largest absolute Gasteiger partial charge is 0.465 e. The van der Waals surface area contributed by atoms with E-state index < -0.39 is 45.8 Å². The van der Waals surface area contributed by atoms with Crippen molar-refractivity contribution >= 4 is 22.1 Å². The standard InChI is InChI=1S/C13H16F2O9S/c14-13(15,25(18,19)20)11(17)21-6-9(16)24-10-7-1-2-8(5-7)12(10)22-3-4-23-12/h7-8,10H,1-6H2,(H,18,19,20). The normalized spacial score (nSPS) is 30.6. The summed E-state index contributed by atoms with van der Waals surface area (Å²) in [6.07, 6.45) is 1.63. The molecule has 0 aromatic rings. The minimum Gasteiger partial charge on any atom is -0.454 e. The van der Waals surface area contributed by atoms with Gasteiger partial charge in [0.15, 0.2) is 12.7 Å². The van der Waals surface area contributed by atoms with Crippen LogP contribution < -0.4 is 0 Å². The van der Waals surface area contributed by atoms with Crippen LogP contribution in [0.3, 0.4) is 0 Å². The minimum atomic E-state index is -6.00. The monoisotopic (exact) mass is 386 g/mol. The van der Waals surface area contributed by atoms with Crippen molar-refractivity contribution in [3.05, 3.63) is 0 Å². The van der Waals surface area contributed by atoms with Crippen molar-refractivity contribution in [2.45, 2.75) is 36.4 Å². The molecule has 3 atom stereocenters. The van der Waals surface area contributed by atoms with Gasteiger partial charge in [-0.05, 0) is 19.3 Å². The number of hydrogen-bond donors (Lipinski definition) is 1. The first kappa shape index (κ1) is 18.4. The fourth-order valence-corrected chi connectivity index (χ4v) is 4.00. The Hall–Kier alpha value is -1.37. The number of rotatable bonds is 5. The van der Waals surface area contributed by atoms with Crippen molar-refractivity contribution in [1.29, 1.82) is 0 Å². The van der Waals surface area contributed by atoms with Crippen molar-refractivity contribution in [3.8, 4) is 0 Å². The van der Waals surface area contributed by atoms with Gasteiger partial charge in [0, 0.05) is 11.8 Å². The van der Waals surface area contributed by atoms with Gasteiger partial charge in [0.05, 0.1) is 13.2 Å². The summed E-state index contributed by atoms with van der Waals surface area (Å²) in [5.41, 5.74) is 0. The van der Waals surface area contributed by atoms with Crippen LogP contribution in [0.5, 0.6) is 0 Å². The topological polar surface area (TPSA) is 125 Å². The van der Waals surface area contributed by atoms with Crippen LogP contribution in [-0.2, 0) is 38.7 Å². The molecule has 25 heavy (non-hydrogen) atoms. The third-order valence-corrected chi connectivity index (χ3v) is 5.56. The molecular weight excluding hydrogens is 370 g/mol. The number of ether oxygens (including phenoxy) is 4. The molecule has 1 N–H and O–H groups in total. The zero-order chi connectivity index (χ0) is 18.5. The van der Waals surface area contributed by atoms with Crippen LogP contribution in [0.15, 0.2) is 0 Å². The molecule has 9 nitrogen and oxygen atoms in total. The van der Waals surface area contributed by atoms with Gasteiger partial charge in [0.1, 0.15) is 0 Å². The van der Waals surface area contributed by atoms with Gasteiger partial charge in [-0.3, -0.25) is 4.55 Å². The zero-order valence-corrected chi connectivity index (χ0v) is 13.7. The quantitative estimate of drug-likeness (QED) is 0.517. The predicted octanol–water partition coefficient (Wildman–Crippen LogP) is 0.0950. The molecule has 2 bridgehead atoms. The van der Waals surface area contributed by atoms with E-state index in [0.717, 1.165) is 19.3 Å². The number of alkyl halides is 2. The Labute approximate surface area is 141 Å². The molecule has 3 rings (SSSR count). The van der Waals surface area contributed by atoms with Crippen LogP contribution >= 0.6 is 0 Å². The Kier molecular flexibility index (Phi) is 4.50. The van der Waals surface area contributed by atoms with Gasteiger partial charge in [-0.15, -0.1) is 0 Å². The molecule has 1 heterocycles. The molecule has 0 aromatic carbocycles. The molecule has 2 saturated carbocycles. The third-order valence-electron chi connectivity index (χ3n) is 4.75. The number of esters is 2. The number of hydrogen-bond acceptors (Lipinski definition) is 8. The highest BCUT2D eigenvalue weighted by atomic mass is 32.2. The SMILES string of the molecule is O=C(COC(=O)C(F)(F)S(=O)(=O)O)OC1C2CCC(C2)C12OCCO2. The summed E-state index contributed by atoms with van der Waals surface area (Å²) in [7, 11) is -6.00. The summed E-state index contributed by atoms with van der Waals surface area (Å²) in [4.78, 5) is 22.9. The highest BCUT2D eigenvalue weighted by Crippen LogP contribution is 2.55. The highest BCUT2D eigenvalue weighted by molar-refractivity contribution is 7.87. The first-order chi connectivity index (χ1) is 11.6. The lowest BCUT2D eigenvalue weighted by molar-refractivity contribution is -0.253. The lowest BCUT2D eigenvalue weighted by Gasteiger charge is -2.38. The average molecular weight is 386 g/mol. The maximum absolute atomic E-state index is 13.0. The van der Waals surface area contributed by atoms with Gasteiger partial charge in [-0.25, -0.2) is 9.59 Å². The van der Waals surface area contributed by atoms with E-state index >= 15 is 0 Å². The van der Waals surface area contributed by atoms with Crippen LogP contribution in [0.25, 0.3) is 0 Å². The maximum Gasteiger partial charge on any atom is 0.465 e. The molecule has 0 radical (unpaired) electrons. The fourth-order valence-electron chi connectivity index (χ4n) is 3.73. The van der Waals surface area contributed by atoms with Crippen molar-refractivity contribution in [2.24, 2.45) is 11.8 Å². The van der Waals surface area contributed by atoms with Gasteiger partial charge in [-0.2, -0.15) is 17.2 Å². The number of carbonyl (C=O) groups excluding carboxylic acids is 2. The van der Waals surface area contributed by atoms with E-state index in [9.17, 15) is 26.8 Å². The molecule has 0 amide bonds. The molecule has 3 unspecified atom stereocenters. The second-order valence-electron chi connectivity index (χ2n) is 6.17. The second kappa shape index (κ2) is 6.11. The number of fused-ring (bicyclic) bond motifs is 3. The Morgan fingerprint density at radius 2 is 1.88 bits per heavy atom. The summed E-state index contributed by atoms with van der Waals surface area (Å²) in [6, 6.07) is 0. The molecule has 1 aliphatic heterocycles. The second-order valence-corrected chi connectivity index (χ2v) is 7.63. The van der Waals surface area contributed by atoms with Crippen LogP contribution in [0.1, 0.15) is 19.3 Å². The van der Waals surface area contributed by atoms with Gasteiger partial charge in [-0.1, -0.05) is 0 Å². The number of halogens is 2. The first-order valence-corrected chi connectivity index (χ1v) is 9.01. The van der Waals surface area contributed by atoms with E-state index in [2.05, 4.69) is 4.74 Å². The van der Waals surface area contributed by atoms with Crippen LogP contribution in [0, 0.1) is 11.8 Å². The summed E-state index contributed by atoms with van der Waals surface area (Å²) in [6.45, 7) is -0.548. The van der Waals surface area contributed by atoms with E-state index in [1.165, 1.54) is 0 Å². The van der Waals surface area contributed by atoms with Gasteiger partial charge >= 0.3 is 27.3 Å². The first-order valence-electron chi connectivity index (χ1n) is 7.57.